The van der Waals surface area contributed by atoms with Crippen LogP contribution in [0.2, 0.25) is 0 Å². The fourth-order valence-electron chi connectivity index (χ4n) is 2.94. The molecule has 0 aromatic heterocycles. The number of nitrogens with zero attached hydrogens (tertiary/aromatic N) is 1. The maximum atomic E-state index is 11.6. The number of carbonyl (C=O) groups is 2. The van der Waals surface area contributed by atoms with Crippen LogP contribution in [0.3, 0.4) is 0 Å². The summed E-state index contributed by atoms with van der Waals surface area (Å²) in [7, 11) is 1.34. The van der Waals surface area contributed by atoms with Crippen LogP contribution in [-0.4, -0.2) is 48.9 Å². The molecule has 6 heteroatoms. The van der Waals surface area contributed by atoms with Crippen molar-refractivity contribution in [2.75, 3.05) is 26.8 Å². The maximum Gasteiger partial charge on any atom is 0.407 e. The molecule has 1 fully saturated rings. The first kappa shape index (κ1) is 17.3. The highest BCUT2D eigenvalue weighted by Gasteiger charge is 2.48. The van der Waals surface area contributed by atoms with Crippen LogP contribution in [-0.2, 0) is 15.1 Å². The summed E-state index contributed by atoms with van der Waals surface area (Å²) < 4.78 is 10.8. The molecule has 1 aliphatic rings. The minimum Gasteiger partial charge on any atom is -0.465 e. The van der Waals surface area contributed by atoms with E-state index in [2.05, 4.69) is 0 Å². The largest absolute Gasteiger partial charge is 0.465 e. The number of morpholine rings is 1. The number of carboxylic acid groups (broad SMARTS) is 1. The minimum absolute atomic E-state index is 0.253. The molecule has 1 N–H and O–H groups in total. The molecule has 0 aliphatic carbocycles. The van der Waals surface area contributed by atoms with Gasteiger partial charge in [0.25, 0.3) is 0 Å². The molecule has 1 saturated heterocycles. The van der Waals surface area contributed by atoms with E-state index in [0.29, 0.717) is 18.7 Å². The third-order valence-corrected chi connectivity index (χ3v) is 4.38. The van der Waals surface area contributed by atoms with Crippen LogP contribution in [0, 0.1) is 5.41 Å². The highest BCUT2D eigenvalue weighted by Crippen LogP contribution is 2.45. The quantitative estimate of drug-likeness (QED) is 0.848. The lowest BCUT2D eigenvalue weighted by atomic mass is 9.71. The first-order valence-electron chi connectivity index (χ1n) is 7.52. The Bertz CT molecular complexity index is 590. The van der Waals surface area contributed by atoms with Gasteiger partial charge in [-0.05, 0) is 23.1 Å². The molecule has 1 aromatic rings. The monoisotopic (exact) mass is 321 g/mol. The summed E-state index contributed by atoms with van der Waals surface area (Å²) in [6.45, 7) is 7.00. The zero-order chi connectivity index (χ0) is 17.3. The smallest absolute Gasteiger partial charge is 0.407 e. The van der Waals surface area contributed by atoms with Crippen molar-refractivity contribution in [3.63, 3.8) is 0 Å². The predicted octanol–water partition coefficient (Wildman–Crippen LogP) is 2.72. The Labute approximate surface area is 136 Å². The van der Waals surface area contributed by atoms with Crippen LogP contribution >= 0.6 is 0 Å². The number of carbonyl (C=O) groups excluding carboxylic acids is 1. The Morgan fingerprint density at radius 3 is 2.35 bits per heavy atom. The predicted molar refractivity (Wildman–Crippen MR) is 84.5 cm³/mol. The molecular formula is C17H23NO5. The summed E-state index contributed by atoms with van der Waals surface area (Å²) in [5.41, 5.74) is 0.210. The third-order valence-electron chi connectivity index (χ3n) is 4.38. The SMILES string of the molecule is COC(=O)c1ccc([C@@]2(C(C)(C)C)CN(C(=O)O)CCO2)cc1. The molecule has 0 saturated carbocycles. The summed E-state index contributed by atoms with van der Waals surface area (Å²) in [5, 5.41) is 9.34. The van der Waals surface area contributed by atoms with Crippen molar-refractivity contribution in [3.05, 3.63) is 35.4 Å². The molecule has 1 heterocycles. The second kappa shape index (κ2) is 6.20. The van der Waals surface area contributed by atoms with Crippen LogP contribution < -0.4 is 0 Å². The lowest BCUT2D eigenvalue weighted by Gasteiger charge is -2.50. The van der Waals surface area contributed by atoms with Gasteiger partial charge in [-0.15, -0.1) is 0 Å². The number of methoxy groups -OCH3 is 1. The lowest BCUT2D eigenvalue weighted by molar-refractivity contribution is -0.166. The zero-order valence-electron chi connectivity index (χ0n) is 14.0. The van der Waals surface area contributed by atoms with Crippen LogP contribution in [0.4, 0.5) is 4.79 Å². The number of benzene rings is 1. The van der Waals surface area contributed by atoms with Gasteiger partial charge in [0, 0.05) is 6.54 Å². The molecule has 126 valence electrons. The van der Waals surface area contributed by atoms with Crippen molar-refractivity contribution >= 4 is 12.1 Å². The van der Waals surface area contributed by atoms with E-state index in [1.807, 2.05) is 32.9 Å². The Morgan fingerprint density at radius 1 is 1.26 bits per heavy atom. The van der Waals surface area contributed by atoms with Gasteiger partial charge in [0.2, 0.25) is 0 Å². The second-order valence-electron chi connectivity index (χ2n) is 6.70. The third kappa shape index (κ3) is 3.17. The van der Waals surface area contributed by atoms with Crippen molar-refractivity contribution in [2.45, 2.75) is 26.4 Å². The van der Waals surface area contributed by atoms with E-state index in [1.54, 1.807) is 12.1 Å². The van der Waals surface area contributed by atoms with E-state index >= 15 is 0 Å². The summed E-state index contributed by atoms with van der Waals surface area (Å²) >= 11 is 0. The van der Waals surface area contributed by atoms with E-state index in [0.717, 1.165) is 5.56 Å². The molecule has 1 aliphatic heterocycles. The lowest BCUT2D eigenvalue weighted by Crippen LogP contribution is -2.57. The molecule has 23 heavy (non-hydrogen) atoms. The van der Waals surface area contributed by atoms with Crippen molar-refractivity contribution in [1.29, 1.82) is 0 Å². The van der Waals surface area contributed by atoms with Crippen molar-refractivity contribution < 1.29 is 24.2 Å². The first-order chi connectivity index (χ1) is 10.7. The van der Waals surface area contributed by atoms with Crippen LogP contribution in [0.5, 0.6) is 0 Å². The highest BCUT2D eigenvalue weighted by molar-refractivity contribution is 5.89. The number of hydrogen-bond donors (Lipinski definition) is 1. The topological polar surface area (TPSA) is 76.1 Å². The Kier molecular flexibility index (Phi) is 4.66. The number of rotatable bonds is 2. The average molecular weight is 321 g/mol. The van der Waals surface area contributed by atoms with Crippen LogP contribution in [0.1, 0.15) is 36.7 Å². The molecular weight excluding hydrogens is 298 g/mol. The average Bonchev–Trinajstić information content (AvgIpc) is 2.53. The Hall–Kier alpha value is -2.08. The van der Waals surface area contributed by atoms with Crippen LogP contribution in [0.25, 0.3) is 0 Å². The molecule has 0 radical (unpaired) electrons. The van der Waals surface area contributed by atoms with Gasteiger partial charge in [-0.2, -0.15) is 0 Å². The number of hydrogen-bond acceptors (Lipinski definition) is 4. The minimum atomic E-state index is -0.951. The van der Waals surface area contributed by atoms with E-state index in [9.17, 15) is 14.7 Å². The van der Waals surface area contributed by atoms with E-state index in [4.69, 9.17) is 9.47 Å². The van der Waals surface area contributed by atoms with Crippen molar-refractivity contribution in [2.24, 2.45) is 5.41 Å². The van der Waals surface area contributed by atoms with E-state index in [1.165, 1.54) is 12.0 Å². The number of ether oxygens (including phenoxy) is 2. The van der Waals surface area contributed by atoms with Gasteiger partial charge >= 0.3 is 12.1 Å². The molecule has 0 bridgehead atoms. The standard InChI is InChI=1S/C17H23NO5/c1-16(2,3)17(11-18(15(20)21)9-10-23-17)13-7-5-12(6-8-13)14(19)22-4/h5-8H,9-11H2,1-4H3,(H,20,21)/t17-/m1/s1. The molecule has 2 rings (SSSR count). The van der Waals surface area contributed by atoms with E-state index in [-0.39, 0.29) is 12.0 Å². The van der Waals surface area contributed by atoms with Gasteiger partial charge in [0.15, 0.2) is 0 Å². The summed E-state index contributed by atoms with van der Waals surface area (Å²) in [6.07, 6.45) is -0.951. The normalized spacial score (nSPS) is 21.8. The van der Waals surface area contributed by atoms with Crippen LogP contribution in [0.15, 0.2) is 24.3 Å². The first-order valence-corrected chi connectivity index (χ1v) is 7.52. The Balaban J connectivity index is 2.43. The van der Waals surface area contributed by atoms with E-state index < -0.39 is 17.7 Å². The molecule has 1 atom stereocenters. The summed E-state index contributed by atoms with van der Waals surface area (Å²) in [6, 6.07) is 6.97. The molecule has 0 spiro atoms. The zero-order valence-corrected chi connectivity index (χ0v) is 14.0. The number of amides is 1. The van der Waals surface area contributed by atoms with Gasteiger partial charge in [0.05, 0.1) is 25.8 Å². The highest BCUT2D eigenvalue weighted by atomic mass is 16.5. The van der Waals surface area contributed by atoms with Gasteiger partial charge in [-0.1, -0.05) is 32.9 Å². The van der Waals surface area contributed by atoms with Gasteiger partial charge in [-0.25, -0.2) is 9.59 Å². The van der Waals surface area contributed by atoms with Gasteiger partial charge in [-0.3, -0.25) is 0 Å². The second-order valence-corrected chi connectivity index (χ2v) is 6.70. The Morgan fingerprint density at radius 2 is 1.87 bits per heavy atom. The van der Waals surface area contributed by atoms with Gasteiger partial charge in [0.1, 0.15) is 5.60 Å². The van der Waals surface area contributed by atoms with Crippen molar-refractivity contribution in [3.8, 4) is 0 Å². The fourth-order valence-corrected chi connectivity index (χ4v) is 2.94. The maximum absolute atomic E-state index is 11.6. The molecule has 1 aromatic carbocycles. The summed E-state index contributed by atoms with van der Waals surface area (Å²) in [5.74, 6) is -0.405. The molecule has 1 amide bonds. The molecule has 6 nitrogen and oxygen atoms in total. The van der Waals surface area contributed by atoms with Crippen molar-refractivity contribution in [1.82, 2.24) is 4.90 Å². The molecule has 0 unspecified atom stereocenters. The fraction of sp³-hybridized carbons (Fsp3) is 0.529. The number of esters is 1. The van der Waals surface area contributed by atoms with Gasteiger partial charge < -0.3 is 19.5 Å². The summed E-state index contributed by atoms with van der Waals surface area (Å²) in [4.78, 5) is 24.3.